The number of rotatable bonds is 2. The zero-order valence-electron chi connectivity index (χ0n) is 2.99. The van der Waals surface area contributed by atoms with Crippen molar-refractivity contribution in [2.45, 2.75) is 0 Å². The van der Waals surface area contributed by atoms with E-state index in [0.717, 1.165) is 0 Å². The van der Waals surface area contributed by atoms with Gasteiger partial charge in [-0.05, 0) is 7.05 Å². The summed E-state index contributed by atoms with van der Waals surface area (Å²) in [7, 11) is 1.70. The lowest BCUT2D eigenvalue weighted by molar-refractivity contribution is 0.896. The van der Waals surface area contributed by atoms with Gasteiger partial charge in [0.2, 0.25) is 0 Å². The molecule has 0 aliphatic carbocycles. The molecule has 1 N–H and O–H groups in total. The fourth-order valence-electron chi connectivity index (χ4n) is 0.0546. The van der Waals surface area contributed by atoms with E-state index < -0.39 is 0 Å². The minimum absolute atomic E-state index is 0.291. The highest BCUT2D eigenvalue weighted by Gasteiger charge is 1.69. The highest BCUT2D eigenvalue weighted by atomic mass is 32.2. The summed E-state index contributed by atoms with van der Waals surface area (Å²) in [5.74, 6) is 0.389. The third-order valence-electron chi connectivity index (χ3n) is 0.199. The van der Waals surface area contributed by atoms with E-state index in [1.165, 1.54) is 0 Å². The van der Waals surface area contributed by atoms with E-state index in [4.69, 9.17) is 0 Å². The summed E-state index contributed by atoms with van der Waals surface area (Å²) in [5.41, 5.74) is 0. The first-order valence-electron chi connectivity index (χ1n) is 1.30. The second kappa shape index (κ2) is 4.24. The average Bonchev–Trinajstić information content (AvgIpc) is 1.41. The topological polar surface area (TPSA) is 12.0 Å². The van der Waals surface area contributed by atoms with Crippen LogP contribution in [0.5, 0.6) is 0 Å². The van der Waals surface area contributed by atoms with E-state index in [-0.39, 0.29) is 0 Å². The SMILES string of the molecule is CNCSF. The van der Waals surface area contributed by atoms with Crippen LogP contribution < -0.4 is 5.32 Å². The quantitative estimate of drug-likeness (QED) is 0.509. The van der Waals surface area contributed by atoms with Crippen LogP contribution in [0.3, 0.4) is 0 Å². The minimum Gasteiger partial charge on any atom is -0.309 e. The normalized spacial score (nSPS) is 8.40. The van der Waals surface area contributed by atoms with Gasteiger partial charge in [-0.25, -0.2) is 0 Å². The van der Waals surface area contributed by atoms with Gasteiger partial charge < -0.3 is 5.32 Å². The minimum atomic E-state index is 0.291. The van der Waals surface area contributed by atoms with Gasteiger partial charge >= 0.3 is 0 Å². The number of hydrogen-bond acceptors (Lipinski definition) is 2. The zero-order valence-corrected chi connectivity index (χ0v) is 3.81. The molecule has 0 aromatic heterocycles. The van der Waals surface area contributed by atoms with Crippen molar-refractivity contribution < 1.29 is 3.89 Å². The Labute approximate surface area is 35.2 Å². The molecular formula is C2H6FNS. The van der Waals surface area contributed by atoms with Gasteiger partial charge in [-0.3, -0.25) is 0 Å². The number of halogens is 1. The Balaban J connectivity index is 2.19. The molecule has 32 valence electrons. The van der Waals surface area contributed by atoms with Crippen molar-refractivity contribution in [3.63, 3.8) is 0 Å². The predicted octanol–water partition coefficient (Wildman–Crippen LogP) is 0.781. The van der Waals surface area contributed by atoms with Gasteiger partial charge in [0.15, 0.2) is 0 Å². The molecule has 3 heteroatoms. The van der Waals surface area contributed by atoms with Crippen LogP contribution in [0, 0.1) is 0 Å². The molecule has 0 unspecified atom stereocenters. The van der Waals surface area contributed by atoms with Gasteiger partial charge in [-0.15, -0.1) is 0 Å². The summed E-state index contributed by atoms with van der Waals surface area (Å²) in [6.07, 6.45) is 0. The molecule has 0 bridgehead atoms. The van der Waals surface area contributed by atoms with E-state index in [1.807, 2.05) is 0 Å². The maximum atomic E-state index is 10.8. The first-order chi connectivity index (χ1) is 2.41. The van der Waals surface area contributed by atoms with Gasteiger partial charge in [-0.1, -0.05) is 0 Å². The summed E-state index contributed by atoms with van der Waals surface area (Å²) < 4.78 is 10.8. The Morgan fingerprint density at radius 3 is 2.60 bits per heavy atom. The van der Waals surface area contributed by atoms with Crippen molar-refractivity contribution in [2.75, 3.05) is 12.9 Å². The maximum Gasteiger partial charge on any atom is 0.0736 e. The molecule has 0 aromatic rings. The van der Waals surface area contributed by atoms with E-state index in [2.05, 4.69) is 5.32 Å². The number of nitrogens with one attached hydrogen (secondary N) is 1. The standard InChI is InChI=1S/C2H6FNS/c1-4-2-5-3/h4H,2H2,1H3. The Kier molecular flexibility index (Phi) is 4.44. The lowest BCUT2D eigenvalue weighted by Gasteiger charge is -1.80. The van der Waals surface area contributed by atoms with Crippen molar-refractivity contribution in [1.29, 1.82) is 0 Å². The van der Waals surface area contributed by atoms with Crippen LogP contribution in [-0.4, -0.2) is 12.9 Å². The summed E-state index contributed by atoms with van der Waals surface area (Å²) in [6.45, 7) is 0. The zero-order chi connectivity index (χ0) is 4.12. The Hall–Kier alpha value is 0.240. The molecule has 0 radical (unpaired) electrons. The van der Waals surface area contributed by atoms with Crippen molar-refractivity contribution in [3.05, 3.63) is 0 Å². The summed E-state index contributed by atoms with van der Waals surface area (Å²) in [5, 5.41) is 2.61. The van der Waals surface area contributed by atoms with Crippen LogP contribution in [0.1, 0.15) is 0 Å². The maximum absolute atomic E-state index is 10.8. The lowest BCUT2D eigenvalue weighted by atomic mass is 11.3. The van der Waals surface area contributed by atoms with E-state index in [9.17, 15) is 3.89 Å². The summed E-state index contributed by atoms with van der Waals surface area (Å²) in [4.78, 5) is 0. The van der Waals surface area contributed by atoms with E-state index in [0.29, 0.717) is 18.0 Å². The highest BCUT2D eigenvalue weighted by molar-refractivity contribution is 7.94. The van der Waals surface area contributed by atoms with Crippen LogP contribution in [0.2, 0.25) is 0 Å². The summed E-state index contributed by atoms with van der Waals surface area (Å²) in [6, 6.07) is 0. The highest BCUT2D eigenvalue weighted by Crippen LogP contribution is 1.92. The molecule has 1 nitrogen and oxygen atoms in total. The smallest absolute Gasteiger partial charge is 0.0736 e. The molecule has 0 aliphatic rings. The molecule has 0 aliphatic heterocycles. The first kappa shape index (κ1) is 5.24. The molecule has 0 saturated carbocycles. The molecule has 0 atom stereocenters. The van der Waals surface area contributed by atoms with Crippen molar-refractivity contribution in [1.82, 2.24) is 5.32 Å². The monoisotopic (exact) mass is 95.0 g/mol. The number of hydrogen-bond donors (Lipinski definition) is 1. The molecule has 0 heterocycles. The Bertz CT molecular complexity index is 17.1. The van der Waals surface area contributed by atoms with Crippen LogP contribution in [0.4, 0.5) is 3.89 Å². The fraction of sp³-hybridized carbons (Fsp3) is 1.00. The molecule has 0 aromatic carbocycles. The lowest BCUT2D eigenvalue weighted by Crippen LogP contribution is -2.00. The second-order valence-electron chi connectivity index (χ2n) is 0.607. The van der Waals surface area contributed by atoms with Gasteiger partial charge in [-0.2, -0.15) is 3.89 Å². The summed E-state index contributed by atoms with van der Waals surface area (Å²) >= 11 is 0.291. The van der Waals surface area contributed by atoms with Gasteiger partial charge in [0.1, 0.15) is 0 Å². The van der Waals surface area contributed by atoms with Crippen LogP contribution in [-0.2, 0) is 0 Å². The van der Waals surface area contributed by atoms with Crippen LogP contribution in [0.15, 0.2) is 0 Å². The second-order valence-corrected chi connectivity index (χ2v) is 1.11. The van der Waals surface area contributed by atoms with Gasteiger partial charge in [0.25, 0.3) is 0 Å². The van der Waals surface area contributed by atoms with Crippen LogP contribution in [0.25, 0.3) is 0 Å². The van der Waals surface area contributed by atoms with Crippen LogP contribution >= 0.6 is 12.1 Å². The average molecular weight is 95.1 g/mol. The molecule has 0 amide bonds. The first-order valence-corrected chi connectivity index (χ1v) is 2.18. The van der Waals surface area contributed by atoms with E-state index in [1.54, 1.807) is 7.05 Å². The third-order valence-corrected chi connectivity index (χ3v) is 0.597. The molecular weight excluding hydrogens is 89.1 g/mol. The Morgan fingerprint density at radius 1 is 2.00 bits per heavy atom. The molecule has 0 spiro atoms. The Morgan fingerprint density at radius 2 is 2.60 bits per heavy atom. The molecule has 0 saturated heterocycles. The molecule has 5 heavy (non-hydrogen) atoms. The van der Waals surface area contributed by atoms with Gasteiger partial charge in [0, 0.05) is 0 Å². The van der Waals surface area contributed by atoms with E-state index >= 15 is 0 Å². The molecule has 0 fully saturated rings. The predicted molar refractivity (Wildman–Crippen MR) is 22.6 cm³/mol. The largest absolute Gasteiger partial charge is 0.309 e. The third kappa shape index (κ3) is 4.24. The van der Waals surface area contributed by atoms with Crippen molar-refractivity contribution >= 4 is 12.1 Å². The van der Waals surface area contributed by atoms with Crippen molar-refractivity contribution in [2.24, 2.45) is 0 Å². The fourth-order valence-corrected chi connectivity index (χ4v) is 0.164. The molecule has 0 rings (SSSR count). The van der Waals surface area contributed by atoms with Crippen molar-refractivity contribution in [3.8, 4) is 0 Å². The van der Waals surface area contributed by atoms with Gasteiger partial charge in [0.05, 0.1) is 18.0 Å².